The maximum absolute atomic E-state index is 14.2. The van der Waals surface area contributed by atoms with Gasteiger partial charge >= 0.3 is 0 Å². The van der Waals surface area contributed by atoms with Crippen LogP contribution < -0.4 is 5.32 Å². The summed E-state index contributed by atoms with van der Waals surface area (Å²) < 4.78 is 14.2. The summed E-state index contributed by atoms with van der Waals surface area (Å²) in [6.07, 6.45) is 5.78. The summed E-state index contributed by atoms with van der Waals surface area (Å²) in [6, 6.07) is 6.02. The quantitative estimate of drug-likeness (QED) is 0.870. The lowest BCUT2D eigenvalue weighted by Gasteiger charge is -2.13. The molecule has 0 bridgehead atoms. The summed E-state index contributed by atoms with van der Waals surface area (Å²) in [6.45, 7) is 1.07. The van der Waals surface area contributed by atoms with Gasteiger partial charge in [0, 0.05) is 24.7 Å². The van der Waals surface area contributed by atoms with Crippen LogP contribution in [0.1, 0.15) is 16.8 Å². The van der Waals surface area contributed by atoms with Crippen molar-refractivity contribution in [1.29, 1.82) is 5.26 Å². The molecule has 1 amide bonds. The van der Waals surface area contributed by atoms with E-state index in [9.17, 15) is 9.18 Å². The lowest BCUT2D eigenvalue weighted by atomic mass is 10.0. The summed E-state index contributed by atoms with van der Waals surface area (Å²) in [5.74, 6) is -1.06. The van der Waals surface area contributed by atoms with Crippen molar-refractivity contribution >= 4 is 5.91 Å². The summed E-state index contributed by atoms with van der Waals surface area (Å²) in [5.41, 5.74) is 1.35. The van der Waals surface area contributed by atoms with E-state index in [0.717, 1.165) is 5.56 Å². The van der Waals surface area contributed by atoms with Gasteiger partial charge in [-0.3, -0.25) is 4.79 Å². The van der Waals surface area contributed by atoms with E-state index in [-0.39, 0.29) is 11.6 Å². The third-order valence-corrected chi connectivity index (χ3v) is 3.80. The molecule has 116 valence electrons. The van der Waals surface area contributed by atoms with Gasteiger partial charge in [0.15, 0.2) is 6.19 Å². The zero-order chi connectivity index (χ0) is 16.2. The van der Waals surface area contributed by atoms with E-state index in [1.54, 1.807) is 17.0 Å². The van der Waals surface area contributed by atoms with Crippen LogP contribution in [0.15, 0.2) is 36.7 Å². The number of nitrogens with zero attached hydrogens (tertiary/aromatic N) is 4. The molecule has 6 nitrogen and oxygen atoms in total. The highest BCUT2D eigenvalue weighted by Gasteiger charge is 2.24. The van der Waals surface area contributed by atoms with E-state index in [1.807, 2.05) is 6.19 Å². The van der Waals surface area contributed by atoms with E-state index in [4.69, 9.17) is 5.26 Å². The number of hydrogen-bond acceptors (Lipinski definition) is 5. The summed E-state index contributed by atoms with van der Waals surface area (Å²) in [5, 5.41) is 19.0. The highest BCUT2D eigenvalue weighted by molar-refractivity contribution is 5.95. The molecule has 1 aliphatic heterocycles. The molecule has 1 N–H and O–H groups in total. The third kappa shape index (κ3) is 3.26. The molecule has 7 heteroatoms. The predicted molar refractivity (Wildman–Crippen MR) is 80.5 cm³/mol. The minimum absolute atomic E-state index is 0.00817. The number of likely N-dealkylation sites (tertiary alicyclic amines) is 1. The van der Waals surface area contributed by atoms with Crippen molar-refractivity contribution in [2.75, 3.05) is 13.1 Å². The first-order valence-electron chi connectivity index (χ1n) is 7.19. The summed E-state index contributed by atoms with van der Waals surface area (Å²) >= 11 is 0. The third-order valence-electron chi connectivity index (χ3n) is 3.80. The molecule has 23 heavy (non-hydrogen) atoms. The van der Waals surface area contributed by atoms with E-state index < -0.39 is 11.7 Å². The van der Waals surface area contributed by atoms with Gasteiger partial charge in [0.25, 0.3) is 5.91 Å². The van der Waals surface area contributed by atoms with Crippen LogP contribution >= 0.6 is 0 Å². The van der Waals surface area contributed by atoms with Gasteiger partial charge < -0.3 is 10.2 Å². The largest absolute Gasteiger partial charge is 0.347 e. The first-order valence-corrected chi connectivity index (χ1v) is 7.19. The Kier molecular flexibility index (Phi) is 4.15. The molecule has 0 aliphatic carbocycles. The highest BCUT2D eigenvalue weighted by Crippen LogP contribution is 2.21. The standard InChI is InChI=1S/C16H14FN5O/c17-15-7-11(12-3-5-19-20-8-12)1-2-14(15)16(23)21-13-4-6-22(9-13)10-18/h1-3,5,7-8,13H,4,6,9H2,(H,21,23)/t13-/m1/s1. The van der Waals surface area contributed by atoms with Gasteiger partial charge in [-0.1, -0.05) is 6.07 Å². The second-order valence-corrected chi connectivity index (χ2v) is 5.33. The zero-order valence-electron chi connectivity index (χ0n) is 12.2. The van der Waals surface area contributed by atoms with Gasteiger partial charge in [-0.15, -0.1) is 0 Å². The Hall–Kier alpha value is -3.01. The molecule has 0 radical (unpaired) electrons. The molecule has 0 saturated carbocycles. The number of nitrogens with one attached hydrogen (secondary N) is 1. The van der Waals surface area contributed by atoms with Gasteiger partial charge in [0.1, 0.15) is 5.82 Å². The molecule has 1 aliphatic rings. The van der Waals surface area contributed by atoms with Gasteiger partial charge in [-0.25, -0.2) is 4.39 Å². The number of nitriles is 1. The first kappa shape index (κ1) is 14.9. The van der Waals surface area contributed by atoms with E-state index in [0.29, 0.717) is 25.1 Å². The van der Waals surface area contributed by atoms with Crippen molar-refractivity contribution in [3.8, 4) is 17.3 Å². The molecule has 1 fully saturated rings. The Balaban J connectivity index is 1.73. The Morgan fingerprint density at radius 3 is 2.87 bits per heavy atom. The number of benzene rings is 1. The Morgan fingerprint density at radius 1 is 1.35 bits per heavy atom. The lowest BCUT2D eigenvalue weighted by Crippen LogP contribution is -2.36. The van der Waals surface area contributed by atoms with Crippen LogP contribution in [0.3, 0.4) is 0 Å². The van der Waals surface area contributed by atoms with Crippen LogP contribution in [0.4, 0.5) is 4.39 Å². The monoisotopic (exact) mass is 311 g/mol. The zero-order valence-corrected chi connectivity index (χ0v) is 12.2. The van der Waals surface area contributed by atoms with Gasteiger partial charge in [-0.2, -0.15) is 15.5 Å². The summed E-state index contributed by atoms with van der Waals surface area (Å²) in [4.78, 5) is 13.8. The van der Waals surface area contributed by atoms with Crippen molar-refractivity contribution in [2.24, 2.45) is 0 Å². The van der Waals surface area contributed by atoms with E-state index in [2.05, 4.69) is 15.5 Å². The Labute approximate surface area is 132 Å². The minimum atomic E-state index is -0.591. The maximum atomic E-state index is 14.2. The van der Waals surface area contributed by atoms with Crippen molar-refractivity contribution in [3.63, 3.8) is 0 Å². The van der Waals surface area contributed by atoms with Crippen LogP contribution in [0, 0.1) is 17.3 Å². The van der Waals surface area contributed by atoms with E-state index >= 15 is 0 Å². The number of halogens is 1. The van der Waals surface area contributed by atoms with Gasteiger partial charge in [0.2, 0.25) is 0 Å². The van der Waals surface area contributed by atoms with Crippen LogP contribution in [-0.2, 0) is 0 Å². The Bertz CT molecular complexity index is 759. The number of carbonyl (C=O) groups is 1. The number of rotatable bonds is 3. The highest BCUT2D eigenvalue weighted by atomic mass is 19.1. The van der Waals surface area contributed by atoms with Crippen LogP contribution in [0.2, 0.25) is 0 Å². The average Bonchev–Trinajstić information content (AvgIpc) is 3.03. The molecule has 1 saturated heterocycles. The molecular weight excluding hydrogens is 297 g/mol. The number of carbonyl (C=O) groups excluding carboxylic acids is 1. The number of hydrogen-bond donors (Lipinski definition) is 1. The van der Waals surface area contributed by atoms with Crippen LogP contribution in [0.25, 0.3) is 11.1 Å². The van der Waals surface area contributed by atoms with Gasteiger partial charge in [-0.05, 0) is 30.2 Å². The van der Waals surface area contributed by atoms with Crippen LogP contribution in [-0.4, -0.2) is 40.1 Å². The second-order valence-electron chi connectivity index (χ2n) is 5.33. The van der Waals surface area contributed by atoms with Crippen molar-refractivity contribution in [3.05, 3.63) is 48.0 Å². The second kappa shape index (κ2) is 6.40. The van der Waals surface area contributed by atoms with E-state index in [1.165, 1.54) is 24.5 Å². The average molecular weight is 311 g/mol. The molecule has 1 aromatic heterocycles. The molecule has 1 atom stereocenters. The lowest BCUT2D eigenvalue weighted by molar-refractivity contribution is 0.0935. The predicted octanol–water partition coefficient (Wildman–Crippen LogP) is 1.57. The number of amides is 1. The molecule has 3 rings (SSSR count). The first-order chi connectivity index (χ1) is 11.2. The smallest absolute Gasteiger partial charge is 0.254 e. The fourth-order valence-electron chi connectivity index (χ4n) is 2.57. The SMILES string of the molecule is N#CN1CC[C@@H](NC(=O)c2ccc(-c3ccnnc3)cc2F)C1. The molecule has 0 spiro atoms. The topological polar surface area (TPSA) is 81.9 Å². The van der Waals surface area contributed by atoms with Crippen molar-refractivity contribution < 1.29 is 9.18 Å². The van der Waals surface area contributed by atoms with Crippen molar-refractivity contribution in [2.45, 2.75) is 12.5 Å². The fraction of sp³-hybridized carbons (Fsp3) is 0.250. The normalized spacial score (nSPS) is 16.9. The van der Waals surface area contributed by atoms with Gasteiger partial charge in [0.05, 0.1) is 18.0 Å². The fourth-order valence-corrected chi connectivity index (χ4v) is 2.57. The summed E-state index contributed by atoms with van der Waals surface area (Å²) in [7, 11) is 0. The number of aromatic nitrogens is 2. The Morgan fingerprint density at radius 2 is 2.22 bits per heavy atom. The molecule has 0 unspecified atom stereocenters. The molecule has 1 aromatic carbocycles. The molecule has 2 heterocycles. The van der Waals surface area contributed by atoms with Crippen LogP contribution in [0.5, 0.6) is 0 Å². The molecular formula is C16H14FN5O. The van der Waals surface area contributed by atoms with Crippen molar-refractivity contribution in [1.82, 2.24) is 20.4 Å². The minimum Gasteiger partial charge on any atom is -0.347 e. The molecule has 2 aromatic rings. The maximum Gasteiger partial charge on any atom is 0.254 e.